The number of hydrogen-bond donors (Lipinski definition) is 2. The highest BCUT2D eigenvalue weighted by Crippen LogP contribution is 2.63. The summed E-state index contributed by atoms with van der Waals surface area (Å²) < 4.78 is 18.9. The third kappa shape index (κ3) is 3.57. The summed E-state index contributed by atoms with van der Waals surface area (Å²) in [6, 6.07) is 9.49. The third-order valence-electron chi connectivity index (χ3n) is 8.48. The molecular weight excluding hydrogens is 562 g/mol. The highest BCUT2D eigenvalue weighted by atomic mass is 35.5. The van der Waals surface area contributed by atoms with E-state index in [0.717, 1.165) is 17.0 Å². The van der Waals surface area contributed by atoms with Crippen molar-refractivity contribution >= 4 is 58.6 Å². The fourth-order valence-electron chi connectivity index (χ4n) is 6.56. The number of nitrogens with zero attached hydrogens (tertiary/aromatic N) is 1. The molecule has 40 heavy (non-hydrogen) atoms. The van der Waals surface area contributed by atoms with Crippen molar-refractivity contribution in [2.75, 3.05) is 12.0 Å². The predicted octanol–water partition coefficient (Wildman–Crippen LogP) is 3.94. The average molecular weight is 585 g/mol. The fraction of sp³-hybridized carbons (Fsp3) is 0.310. The van der Waals surface area contributed by atoms with Gasteiger partial charge in [-0.05, 0) is 60.7 Å². The number of amides is 4. The quantitative estimate of drug-likeness (QED) is 0.320. The van der Waals surface area contributed by atoms with Gasteiger partial charge in [0.05, 0.1) is 24.6 Å². The van der Waals surface area contributed by atoms with Gasteiger partial charge in [-0.2, -0.15) is 0 Å². The number of rotatable bonds is 4. The average Bonchev–Trinajstić information content (AvgIpc) is 3.30. The Hall–Kier alpha value is -3.69. The number of methoxy groups -OCH3 is 1. The second-order valence-electron chi connectivity index (χ2n) is 10.4. The number of phenolic OH excluding ortho intramolecular Hbond substituents is 1. The Morgan fingerprint density at radius 3 is 2.48 bits per heavy atom. The van der Waals surface area contributed by atoms with E-state index in [1.54, 1.807) is 24.3 Å². The monoisotopic (exact) mass is 584 g/mol. The van der Waals surface area contributed by atoms with Gasteiger partial charge in [0.1, 0.15) is 5.82 Å². The van der Waals surface area contributed by atoms with Crippen LogP contribution in [0.25, 0.3) is 6.08 Å². The molecule has 4 amide bonds. The Kier molecular flexibility index (Phi) is 6.08. The molecule has 0 radical (unpaired) electrons. The van der Waals surface area contributed by atoms with Crippen molar-refractivity contribution in [2.45, 2.75) is 22.6 Å². The van der Waals surface area contributed by atoms with Crippen LogP contribution in [-0.4, -0.2) is 45.6 Å². The Bertz CT molecular complexity index is 1540. The number of anilines is 1. The van der Waals surface area contributed by atoms with Crippen molar-refractivity contribution < 1.29 is 33.4 Å². The number of benzene rings is 2. The lowest BCUT2D eigenvalue weighted by atomic mass is 9.57. The minimum absolute atomic E-state index is 0.0598. The van der Waals surface area contributed by atoms with Crippen molar-refractivity contribution in [3.8, 4) is 11.5 Å². The van der Waals surface area contributed by atoms with Gasteiger partial charge < -0.3 is 9.84 Å². The highest BCUT2D eigenvalue weighted by molar-refractivity contribution is 6.57. The number of phenols is 1. The number of carbonyl (C=O) groups excluding carboxylic acids is 4. The van der Waals surface area contributed by atoms with E-state index in [4.69, 9.17) is 27.9 Å². The zero-order valence-electron chi connectivity index (χ0n) is 21.1. The van der Waals surface area contributed by atoms with Crippen molar-refractivity contribution in [2.24, 2.45) is 23.7 Å². The minimum atomic E-state index is -1.99. The number of hydrogen-bond acceptors (Lipinski definition) is 6. The second-order valence-corrected chi connectivity index (χ2v) is 11.7. The first-order valence-electron chi connectivity index (χ1n) is 12.6. The van der Waals surface area contributed by atoms with Crippen molar-refractivity contribution in [1.29, 1.82) is 0 Å². The maximum atomic E-state index is 14.1. The lowest BCUT2D eigenvalue weighted by Crippen LogP contribution is -2.60. The van der Waals surface area contributed by atoms with Gasteiger partial charge in [0.2, 0.25) is 11.8 Å². The molecule has 6 rings (SSSR count). The lowest BCUT2D eigenvalue weighted by molar-refractivity contribution is -0.127. The Balaban J connectivity index is 1.51. The van der Waals surface area contributed by atoms with Crippen molar-refractivity contribution in [3.05, 3.63) is 71.6 Å². The molecule has 2 heterocycles. The van der Waals surface area contributed by atoms with E-state index in [9.17, 15) is 28.7 Å². The largest absolute Gasteiger partial charge is 0.504 e. The second kappa shape index (κ2) is 9.17. The Labute approximate surface area is 238 Å². The van der Waals surface area contributed by atoms with E-state index >= 15 is 0 Å². The van der Waals surface area contributed by atoms with E-state index in [1.165, 1.54) is 25.3 Å². The van der Waals surface area contributed by atoms with Crippen LogP contribution < -0.4 is 15.0 Å². The van der Waals surface area contributed by atoms with Crippen LogP contribution in [0, 0.1) is 29.5 Å². The summed E-state index contributed by atoms with van der Waals surface area (Å²) in [5.74, 6) is -5.74. The highest BCUT2D eigenvalue weighted by Gasteiger charge is 2.75. The molecule has 0 bridgehead atoms. The molecule has 0 aromatic heterocycles. The molecule has 2 aromatic carbocycles. The molecule has 2 saturated heterocycles. The maximum Gasteiger partial charge on any atom is 0.258 e. The van der Waals surface area contributed by atoms with Crippen LogP contribution in [-0.2, 0) is 19.2 Å². The van der Waals surface area contributed by atoms with E-state index < -0.39 is 57.0 Å². The first kappa shape index (κ1) is 26.5. The summed E-state index contributed by atoms with van der Waals surface area (Å²) in [5, 5.41) is 12.4. The molecule has 0 unspecified atom stereocenters. The first-order chi connectivity index (χ1) is 19.0. The number of fused-ring (bicyclic) bond motifs is 4. The Morgan fingerprint density at radius 1 is 1.05 bits per heavy atom. The molecule has 206 valence electrons. The number of nitrogens with one attached hydrogen (secondary N) is 1. The van der Waals surface area contributed by atoms with Crippen LogP contribution in [0.2, 0.25) is 0 Å². The SMILES string of the molecule is COc1cc(C=C[C@H]2C3=CC[C@@H]4C(=O)NC(=O)[C@@H]4[C@@H]3C[C@@]3(Cl)C(=O)N(c4ccc(F)cc4)C(=O)[C@@]23Cl)ccc1O. The molecule has 2 aromatic rings. The fourth-order valence-corrected chi connectivity index (χ4v) is 7.45. The molecule has 0 spiro atoms. The van der Waals surface area contributed by atoms with Crippen LogP contribution in [0.3, 0.4) is 0 Å². The third-order valence-corrected chi connectivity index (χ3v) is 9.91. The minimum Gasteiger partial charge on any atom is -0.504 e. The number of imide groups is 2. The van der Waals surface area contributed by atoms with Gasteiger partial charge in [0, 0.05) is 5.92 Å². The number of carbonyl (C=O) groups is 4. The molecule has 3 fully saturated rings. The summed E-state index contributed by atoms with van der Waals surface area (Å²) >= 11 is 14.4. The standard InChI is InChI=1S/C29H23Cl2FN2O6/c1-40-22-12-14(3-11-21(22)35)2-10-20-17-8-9-18-23(25(37)33-24(18)36)19(17)13-28(30)26(38)34(27(39)29(20,28)31)16-6-4-15(32)5-7-16/h2-8,10-12,18-20,23,35H,9,13H2,1H3,(H,33,36,37)/t18-,19+,20-,23-,28+,29-/m0/s1. The summed E-state index contributed by atoms with van der Waals surface area (Å²) in [6.07, 6.45) is 5.25. The summed E-state index contributed by atoms with van der Waals surface area (Å²) in [4.78, 5) is 50.4. The Morgan fingerprint density at radius 2 is 1.77 bits per heavy atom. The lowest BCUT2D eigenvalue weighted by Gasteiger charge is -2.49. The van der Waals surface area contributed by atoms with Crippen molar-refractivity contribution in [1.82, 2.24) is 5.32 Å². The van der Waals surface area contributed by atoms with Crippen LogP contribution in [0.15, 0.2) is 60.2 Å². The van der Waals surface area contributed by atoms with Gasteiger partial charge in [-0.25, -0.2) is 9.29 Å². The van der Waals surface area contributed by atoms with E-state index in [-0.39, 0.29) is 35.9 Å². The molecule has 1 saturated carbocycles. The van der Waals surface area contributed by atoms with Gasteiger partial charge in [-0.15, -0.1) is 23.2 Å². The topological polar surface area (TPSA) is 113 Å². The zero-order valence-corrected chi connectivity index (χ0v) is 22.6. The predicted molar refractivity (Wildman–Crippen MR) is 144 cm³/mol. The van der Waals surface area contributed by atoms with Crippen molar-refractivity contribution in [3.63, 3.8) is 0 Å². The van der Waals surface area contributed by atoms with Gasteiger partial charge in [-0.1, -0.05) is 29.9 Å². The smallest absolute Gasteiger partial charge is 0.258 e. The number of ether oxygens (including phenoxy) is 1. The van der Waals surface area contributed by atoms with E-state index in [1.807, 2.05) is 6.08 Å². The van der Waals surface area contributed by atoms with Crippen LogP contribution in [0.4, 0.5) is 10.1 Å². The van der Waals surface area contributed by atoms with Crippen LogP contribution in [0.1, 0.15) is 18.4 Å². The number of allylic oxidation sites excluding steroid dienone is 3. The molecule has 4 aliphatic rings. The summed E-state index contributed by atoms with van der Waals surface area (Å²) in [6.45, 7) is 0. The normalized spacial score (nSPS) is 33.0. The van der Waals surface area contributed by atoms with Crippen LogP contribution in [0.5, 0.6) is 11.5 Å². The first-order valence-corrected chi connectivity index (χ1v) is 13.4. The number of halogens is 3. The molecule has 6 atom stereocenters. The molecule has 2 N–H and O–H groups in total. The molecule has 8 nitrogen and oxygen atoms in total. The number of aromatic hydroxyl groups is 1. The summed E-state index contributed by atoms with van der Waals surface area (Å²) in [5.41, 5.74) is 1.36. The number of alkyl halides is 2. The van der Waals surface area contributed by atoms with Gasteiger partial charge in [0.15, 0.2) is 21.2 Å². The molecular formula is C29H23Cl2FN2O6. The van der Waals surface area contributed by atoms with Gasteiger partial charge in [-0.3, -0.25) is 24.5 Å². The maximum absolute atomic E-state index is 14.1. The van der Waals surface area contributed by atoms with Crippen LogP contribution >= 0.6 is 23.2 Å². The van der Waals surface area contributed by atoms with E-state index in [2.05, 4.69) is 5.32 Å². The van der Waals surface area contributed by atoms with Gasteiger partial charge >= 0.3 is 0 Å². The zero-order chi connectivity index (χ0) is 28.6. The molecule has 11 heteroatoms. The molecule has 2 aliphatic heterocycles. The van der Waals surface area contributed by atoms with Gasteiger partial charge in [0.25, 0.3) is 11.8 Å². The summed E-state index contributed by atoms with van der Waals surface area (Å²) in [7, 11) is 1.41. The molecule has 2 aliphatic carbocycles. The van der Waals surface area contributed by atoms with E-state index in [0.29, 0.717) is 11.1 Å².